The van der Waals surface area contributed by atoms with Crippen LogP contribution in [0.5, 0.6) is 0 Å². The van der Waals surface area contributed by atoms with Crippen LogP contribution < -0.4 is 0 Å². The van der Waals surface area contributed by atoms with E-state index in [9.17, 15) is 9.59 Å². The lowest BCUT2D eigenvalue weighted by molar-refractivity contribution is -0.163. The Balaban J connectivity index is 1.96. The van der Waals surface area contributed by atoms with E-state index in [1.807, 2.05) is 6.92 Å². The van der Waals surface area contributed by atoms with E-state index in [4.69, 9.17) is 9.47 Å². The molecule has 0 saturated heterocycles. The molecule has 0 N–H and O–H groups in total. The van der Waals surface area contributed by atoms with E-state index in [1.165, 1.54) is 83.5 Å². The molecule has 0 spiro atoms. The molecule has 1 fully saturated rings. The van der Waals surface area contributed by atoms with Gasteiger partial charge in [-0.1, -0.05) is 117 Å². The molecule has 0 bridgehead atoms. The van der Waals surface area contributed by atoms with Crippen LogP contribution in [0.25, 0.3) is 0 Å². The van der Waals surface area contributed by atoms with Gasteiger partial charge < -0.3 is 9.47 Å². The fourth-order valence-corrected chi connectivity index (χ4v) is 4.76. The number of hydrogen-bond acceptors (Lipinski definition) is 4. The molecule has 4 heteroatoms. The number of carbonyl (C=O) groups excluding carboxylic acids is 2. The monoisotopic (exact) mass is 452 g/mol. The average Bonchev–Trinajstić information content (AvgIpc) is 2.82. The van der Waals surface area contributed by atoms with Gasteiger partial charge >= 0.3 is 11.9 Å². The van der Waals surface area contributed by atoms with Crippen LogP contribution in [-0.4, -0.2) is 25.2 Å². The van der Waals surface area contributed by atoms with E-state index in [2.05, 4.69) is 6.92 Å². The molecule has 0 aromatic rings. The zero-order chi connectivity index (χ0) is 23.3. The summed E-state index contributed by atoms with van der Waals surface area (Å²) >= 11 is 0. The summed E-state index contributed by atoms with van der Waals surface area (Å²) in [5.41, 5.74) is 0. The third-order valence-electron chi connectivity index (χ3n) is 6.81. The SMILES string of the molecule is CCCCCCCCCCCCCCCCCOC(=O)C1CCCCC1C(=O)OCCC. The third kappa shape index (κ3) is 14.2. The van der Waals surface area contributed by atoms with E-state index in [-0.39, 0.29) is 23.8 Å². The number of unbranched alkanes of at least 4 members (excludes halogenated alkanes) is 14. The van der Waals surface area contributed by atoms with E-state index in [1.54, 1.807) is 0 Å². The van der Waals surface area contributed by atoms with Crippen molar-refractivity contribution in [2.24, 2.45) is 11.8 Å². The molecule has 32 heavy (non-hydrogen) atoms. The standard InChI is InChI=1S/C28H52O4/c1-3-5-6-7-8-9-10-11-12-13-14-15-16-17-20-24-32-28(30)26-22-19-18-21-25(26)27(29)31-23-4-2/h25-26H,3-24H2,1-2H3. The first-order chi connectivity index (χ1) is 15.7. The molecule has 1 saturated carbocycles. The molecule has 4 nitrogen and oxygen atoms in total. The van der Waals surface area contributed by atoms with Crippen molar-refractivity contribution >= 4 is 11.9 Å². The Morgan fingerprint density at radius 2 is 0.906 bits per heavy atom. The van der Waals surface area contributed by atoms with Crippen molar-refractivity contribution in [3.05, 3.63) is 0 Å². The van der Waals surface area contributed by atoms with Crippen LogP contribution in [0.4, 0.5) is 0 Å². The van der Waals surface area contributed by atoms with Crippen LogP contribution in [0.1, 0.15) is 142 Å². The van der Waals surface area contributed by atoms with Gasteiger partial charge in [-0.05, 0) is 25.7 Å². The van der Waals surface area contributed by atoms with Crippen molar-refractivity contribution in [3.8, 4) is 0 Å². The fraction of sp³-hybridized carbons (Fsp3) is 0.929. The van der Waals surface area contributed by atoms with Crippen LogP contribution in [0.15, 0.2) is 0 Å². The molecule has 1 aliphatic rings. The van der Waals surface area contributed by atoms with Gasteiger partial charge in [0.25, 0.3) is 0 Å². The molecule has 188 valence electrons. The van der Waals surface area contributed by atoms with Gasteiger partial charge in [0, 0.05) is 0 Å². The highest BCUT2D eigenvalue weighted by Crippen LogP contribution is 2.32. The Morgan fingerprint density at radius 3 is 1.31 bits per heavy atom. The van der Waals surface area contributed by atoms with Crippen molar-refractivity contribution < 1.29 is 19.1 Å². The molecule has 2 atom stereocenters. The molecular weight excluding hydrogens is 400 g/mol. The molecule has 0 aromatic heterocycles. The van der Waals surface area contributed by atoms with Gasteiger partial charge in [-0.3, -0.25) is 9.59 Å². The van der Waals surface area contributed by atoms with E-state index in [0.717, 1.165) is 44.9 Å². The zero-order valence-electron chi connectivity index (χ0n) is 21.3. The second-order valence-electron chi connectivity index (χ2n) is 9.78. The molecule has 0 aliphatic heterocycles. The predicted molar refractivity (Wildman–Crippen MR) is 133 cm³/mol. The number of esters is 2. The summed E-state index contributed by atoms with van der Waals surface area (Å²) in [5, 5.41) is 0. The molecule has 0 heterocycles. The van der Waals surface area contributed by atoms with E-state index < -0.39 is 0 Å². The van der Waals surface area contributed by atoms with E-state index in [0.29, 0.717) is 13.2 Å². The van der Waals surface area contributed by atoms with Crippen LogP contribution in [0, 0.1) is 11.8 Å². The lowest BCUT2D eigenvalue weighted by Gasteiger charge is -2.28. The summed E-state index contributed by atoms with van der Waals surface area (Å²) in [7, 11) is 0. The second kappa shape index (κ2) is 20.5. The van der Waals surface area contributed by atoms with Crippen molar-refractivity contribution in [1.29, 1.82) is 0 Å². The number of hydrogen-bond donors (Lipinski definition) is 0. The van der Waals surface area contributed by atoms with Crippen molar-refractivity contribution in [3.63, 3.8) is 0 Å². The number of rotatable bonds is 20. The smallest absolute Gasteiger partial charge is 0.309 e. The minimum Gasteiger partial charge on any atom is -0.465 e. The van der Waals surface area contributed by atoms with Gasteiger partial charge in [-0.15, -0.1) is 0 Å². The normalized spacial score (nSPS) is 18.4. The van der Waals surface area contributed by atoms with Gasteiger partial charge in [0.1, 0.15) is 0 Å². The van der Waals surface area contributed by atoms with Crippen molar-refractivity contribution in [2.75, 3.05) is 13.2 Å². The summed E-state index contributed by atoms with van der Waals surface area (Å²) < 4.78 is 10.8. The van der Waals surface area contributed by atoms with Crippen LogP contribution in [0.3, 0.4) is 0 Å². The van der Waals surface area contributed by atoms with Gasteiger partial charge in [-0.2, -0.15) is 0 Å². The first kappa shape index (κ1) is 29.0. The summed E-state index contributed by atoms with van der Waals surface area (Å²) in [6, 6.07) is 0. The average molecular weight is 453 g/mol. The van der Waals surface area contributed by atoms with Crippen molar-refractivity contribution in [1.82, 2.24) is 0 Å². The van der Waals surface area contributed by atoms with Gasteiger partial charge in [0.05, 0.1) is 25.0 Å². The maximum atomic E-state index is 12.5. The maximum absolute atomic E-state index is 12.5. The second-order valence-corrected chi connectivity index (χ2v) is 9.78. The first-order valence-electron chi connectivity index (χ1n) is 14.0. The van der Waals surface area contributed by atoms with Crippen molar-refractivity contribution in [2.45, 2.75) is 142 Å². The van der Waals surface area contributed by atoms with Crippen LogP contribution in [-0.2, 0) is 19.1 Å². The number of carbonyl (C=O) groups is 2. The molecule has 2 unspecified atom stereocenters. The Bertz CT molecular complexity index is 462. The highest BCUT2D eigenvalue weighted by Gasteiger charge is 2.37. The Labute approximate surface area is 198 Å². The van der Waals surface area contributed by atoms with Gasteiger partial charge in [-0.25, -0.2) is 0 Å². The molecule has 1 aliphatic carbocycles. The van der Waals surface area contributed by atoms with E-state index >= 15 is 0 Å². The first-order valence-corrected chi connectivity index (χ1v) is 14.0. The molecule has 0 aromatic carbocycles. The number of ether oxygens (including phenoxy) is 2. The third-order valence-corrected chi connectivity index (χ3v) is 6.81. The zero-order valence-corrected chi connectivity index (χ0v) is 21.3. The minimum atomic E-state index is -0.302. The summed E-state index contributed by atoms with van der Waals surface area (Å²) in [6.07, 6.45) is 24.2. The van der Waals surface area contributed by atoms with Crippen LogP contribution >= 0.6 is 0 Å². The quantitative estimate of drug-likeness (QED) is 0.138. The van der Waals surface area contributed by atoms with Crippen LogP contribution in [0.2, 0.25) is 0 Å². The minimum absolute atomic E-state index is 0.187. The molecular formula is C28H52O4. The Kier molecular flexibility index (Phi) is 18.6. The highest BCUT2D eigenvalue weighted by atomic mass is 16.5. The topological polar surface area (TPSA) is 52.6 Å². The largest absolute Gasteiger partial charge is 0.465 e. The molecule has 0 amide bonds. The van der Waals surface area contributed by atoms with Gasteiger partial charge in [0.15, 0.2) is 0 Å². The lowest BCUT2D eigenvalue weighted by atomic mass is 9.79. The highest BCUT2D eigenvalue weighted by molar-refractivity contribution is 5.82. The Morgan fingerprint density at radius 1 is 0.531 bits per heavy atom. The Hall–Kier alpha value is -1.06. The lowest BCUT2D eigenvalue weighted by Crippen LogP contribution is -2.35. The predicted octanol–water partition coefficient (Wildman–Crippen LogP) is 8.16. The summed E-state index contributed by atoms with van der Waals surface area (Å²) in [6.45, 7) is 5.19. The fourth-order valence-electron chi connectivity index (χ4n) is 4.76. The maximum Gasteiger partial charge on any atom is 0.309 e. The molecule has 0 radical (unpaired) electrons. The van der Waals surface area contributed by atoms with Gasteiger partial charge in [0.2, 0.25) is 0 Å². The summed E-state index contributed by atoms with van der Waals surface area (Å²) in [4.78, 5) is 24.8. The molecule has 1 rings (SSSR count). The summed E-state index contributed by atoms with van der Waals surface area (Å²) in [5.74, 6) is -0.998.